The molecule has 2 aromatic carbocycles. The number of nitrogens with one attached hydrogen (secondary N) is 2. The number of aliphatic hydroxyl groups is 1. The van der Waals surface area contributed by atoms with Crippen molar-refractivity contribution in [2.45, 2.75) is 88.2 Å². The molecular weight excluding hydrogens is 677 g/mol. The summed E-state index contributed by atoms with van der Waals surface area (Å²) in [6.45, 7) is 9.92. The van der Waals surface area contributed by atoms with E-state index in [1.54, 1.807) is 34.6 Å². The summed E-state index contributed by atoms with van der Waals surface area (Å²) in [7, 11) is -4.21. The molecule has 4 rings (SSSR count). The molecule has 2 amide bonds. The molecule has 10 nitrogen and oxygen atoms in total. The number of carbonyl (C=O) groups excluding carboxylic acids is 3. The second-order valence-corrected chi connectivity index (χ2v) is 16.6. The van der Waals surface area contributed by atoms with E-state index in [0.717, 1.165) is 6.07 Å². The van der Waals surface area contributed by atoms with E-state index in [1.165, 1.54) is 12.1 Å². The highest BCUT2D eigenvalue weighted by molar-refractivity contribution is 7.92. The number of hydrogen-bond acceptors (Lipinski definition) is 8. The Morgan fingerprint density at radius 3 is 2.27 bits per heavy atom. The molecular formula is C33H40ClF3N2O8S. The molecule has 3 unspecified atom stereocenters. The first-order valence-electron chi connectivity index (χ1n) is 15.5. The minimum Gasteiger partial charge on any atom is -0.461 e. The van der Waals surface area contributed by atoms with E-state index in [-0.39, 0.29) is 45.8 Å². The van der Waals surface area contributed by atoms with Gasteiger partial charge in [0.25, 0.3) is 5.91 Å². The largest absolute Gasteiger partial charge is 0.461 e. The topological polar surface area (TPSA) is 148 Å². The van der Waals surface area contributed by atoms with Gasteiger partial charge in [0.05, 0.1) is 20.8 Å². The Bertz CT molecular complexity index is 1680. The van der Waals surface area contributed by atoms with Crippen LogP contribution in [0.2, 0.25) is 5.02 Å². The number of carbonyl (C=O) groups is 3. The van der Waals surface area contributed by atoms with Crippen LogP contribution in [0.25, 0.3) is 0 Å². The lowest BCUT2D eigenvalue weighted by Crippen LogP contribution is -2.51. The van der Waals surface area contributed by atoms with Crippen molar-refractivity contribution in [2.75, 3.05) is 11.9 Å². The number of fused-ring (bicyclic) bond motifs is 2. The number of anilines is 1. The van der Waals surface area contributed by atoms with Gasteiger partial charge in [-0.05, 0) is 81.9 Å². The van der Waals surface area contributed by atoms with E-state index in [4.69, 9.17) is 21.1 Å². The van der Waals surface area contributed by atoms with Crippen LogP contribution >= 0.6 is 11.6 Å². The lowest BCUT2D eigenvalue weighted by Gasteiger charge is -2.41. The third-order valence-electron chi connectivity index (χ3n) is 8.73. The molecule has 3 N–H and O–H groups in total. The summed E-state index contributed by atoms with van der Waals surface area (Å²) < 4.78 is 79.7. The first-order chi connectivity index (χ1) is 22.1. The van der Waals surface area contributed by atoms with Crippen LogP contribution < -0.4 is 10.6 Å². The van der Waals surface area contributed by atoms with E-state index >= 15 is 0 Å². The van der Waals surface area contributed by atoms with Crippen molar-refractivity contribution >= 4 is 45.1 Å². The monoisotopic (exact) mass is 716 g/mol. The Kier molecular flexibility index (Phi) is 10.8. The van der Waals surface area contributed by atoms with E-state index in [0.29, 0.717) is 18.6 Å². The van der Waals surface area contributed by atoms with Gasteiger partial charge in [0, 0.05) is 23.4 Å². The lowest BCUT2D eigenvalue weighted by atomic mass is 9.76. The molecule has 0 saturated heterocycles. The van der Waals surface area contributed by atoms with Crippen molar-refractivity contribution in [2.24, 2.45) is 23.7 Å². The summed E-state index contributed by atoms with van der Waals surface area (Å²) in [5.74, 6) is -8.02. The number of esters is 1. The molecule has 2 saturated carbocycles. The predicted octanol–water partition coefficient (Wildman–Crippen LogP) is 6.04. The molecule has 2 aliphatic carbocycles. The van der Waals surface area contributed by atoms with Crippen LogP contribution in [0.3, 0.4) is 0 Å². The van der Waals surface area contributed by atoms with Crippen molar-refractivity contribution in [1.29, 1.82) is 0 Å². The average molecular weight is 717 g/mol. The van der Waals surface area contributed by atoms with Crippen LogP contribution in [0.4, 0.5) is 23.7 Å². The van der Waals surface area contributed by atoms with E-state index < -0.39 is 86.2 Å². The average Bonchev–Trinajstić information content (AvgIpc) is 3.19. The molecule has 264 valence electrons. The quantitative estimate of drug-likeness (QED) is 0.210. The zero-order valence-corrected chi connectivity index (χ0v) is 29.0. The van der Waals surface area contributed by atoms with Gasteiger partial charge in [-0.25, -0.2) is 31.2 Å². The summed E-state index contributed by atoms with van der Waals surface area (Å²) in [5.41, 5.74) is -2.89. The third-order valence-corrected chi connectivity index (χ3v) is 11.6. The number of ether oxygens (including phenoxy) is 2. The number of benzene rings is 2. The molecule has 6 atom stereocenters. The lowest BCUT2D eigenvalue weighted by molar-refractivity contribution is -0.158. The Morgan fingerprint density at radius 1 is 1.08 bits per heavy atom. The predicted molar refractivity (Wildman–Crippen MR) is 171 cm³/mol. The fourth-order valence-corrected chi connectivity index (χ4v) is 9.56. The second kappa shape index (κ2) is 13.9. The normalized spacial score (nSPS) is 24.6. The molecule has 0 radical (unpaired) electrons. The highest BCUT2D eigenvalue weighted by Crippen LogP contribution is 2.54. The van der Waals surface area contributed by atoms with Gasteiger partial charge in [-0.2, -0.15) is 0 Å². The zero-order valence-electron chi connectivity index (χ0n) is 27.4. The van der Waals surface area contributed by atoms with Crippen molar-refractivity contribution in [1.82, 2.24) is 5.32 Å². The molecule has 0 spiro atoms. The summed E-state index contributed by atoms with van der Waals surface area (Å²) in [4.78, 5) is 37.9. The van der Waals surface area contributed by atoms with Crippen molar-refractivity contribution in [3.63, 3.8) is 0 Å². The van der Waals surface area contributed by atoms with Crippen molar-refractivity contribution in [3.8, 4) is 0 Å². The highest BCUT2D eigenvalue weighted by Gasteiger charge is 2.57. The number of sulfone groups is 1. The van der Waals surface area contributed by atoms with Crippen LogP contribution in [0.1, 0.15) is 71.2 Å². The fraction of sp³-hybridized carbons (Fsp3) is 0.545. The number of amides is 2. The van der Waals surface area contributed by atoms with Gasteiger partial charge in [-0.1, -0.05) is 32.4 Å². The Hall–Kier alpha value is -3.36. The van der Waals surface area contributed by atoms with E-state index in [2.05, 4.69) is 10.6 Å². The fourth-order valence-electron chi connectivity index (χ4n) is 6.66. The SMILES string of the molecule is CC(C)[C@H](NC(=O)OC(C)(C)C)C(=O)OC[C@@]1(O)CC2C[C@H](C)C(C1)C2S(=O)(=O)c1cc(C(=O)Nc2cc(F)c(F)c(F)c2)ccc1Cl. The van der Waals surface area contributed by atoms with Gasteiger partial charge in [0.15, 0.2) is 27.3 Å². The first-order valence-corrected chi connectivity index (χ1v) is 17.4. The minimum absolute atomic E-state index is 0.00362. The molecule has 48 heavy (non-hydrogen) atoms. The van der Waals surface area contributed by atoms with Gasteiger partial charge in [0.2, 0.25) is 0 Å². The van der Waals surface area contributed by atoms with Crippen LogP contribution in [-0.2, 0) is 24.1 Å². The highest BCUT2D eigenvalue weighted by atomic mass is 35.5. The van der Waals surface area contributed by atoms with Crippen LogP contribution in [-0.4, -0.2) is 60.6 Å². The molecule has 0 aliphatic heterocycles. The number of rotatable bonds is 9. The maximum absolute atomic E-state index is 14.1. The zero-order chi connectivity index (χ0) is 35.9. The smallest absolute Gasteiger partial charge is 0.408 e. The Balaban J connectivity index is 1.50. The molecule has 0 heterocycles. The standard InChI is InChI=1S/C33H40ClF3N2O8S/c1-16(2)27(39-31(42)47-32(4,5)6)30(41)46-15-33(43)13-19-9-17(3)21(14-33)28(19)48(44,45)25-10-18(7-8-22(25)34)29(40)38-20-11-23(35)26(37)24(36)12-20/h7-8,10-12,16-17,19,21,27-28,43H,9,13-15H2,1-6H3,(H,38,40)(H,39,42)/t17-,19?,21?,27-,28?,33+/m0/s1. The summed E-state index contributed by atoms with van der Waals surface area (Å²) in [6.07, 6.45) is -0.351. The third kappa shape index (κ3) is 8.25. The van der Waals surface area contributed by atoms with Crippen LogP contribution in [0, 0.1) is 41.1 Å². The van der Waals surface area contributed by atoms with Crippen LogP contribution in [0.15, 0.2) is 35.2 Å². The van der Waals surface area contributed by atoms with E-state index in [9.17, 15) is 41.1 Å². The molecule has 2 fully saturated rings. The number of hydrogen-bond donors (Lipinski definition) is 3. The van der Waals surface area contributed by atoms with Gasteiger partial charge in [0.1, 0.15) is 18.2 Å². The molecule has 2 aliphatic rings. The Labute approximate surface area is 282 Å². The molecule has 0 aromatic heterocycles. The maximum atomic E-state index is 14.1. The van der Waals surface area contributed by atoms with Crippen LogP contribution in [0.5, 0.6) is 0 Å². The maximum Gasteiger partial charge on any atom is 0.408 e. The molecule has 15 heteroatoms. The number of alkyl carbamates (subject to hydrolysis) is 1. The first kappa shape index (κ1) is 37.5. The summed E-state index contributed by atoms with van der Waals surface area (Å²) in [6, 6.07) is 3.65. The minimum atomic E-state index is -4.21. The second-order valence-electron chi connectivity index (χ2n) is 14.1. The van der Waals surface area contributed by atoms with Gasteiger partial charge < -0.3 is 25.2 Å². The molecule has 2 aromatic rings. The van der Waals surface area contributed by atoms with Crippen molar-refractivity contribution < 1.29 is 50.6 Å². The molecule has 2 bridgehead atoms. The number of halogens is 4. The van der Waals surface area contributed by atoms with Gasteiger partial charge in [-0.3, -0.25) is 4.79 Å². The van der Waals surface area contributed by atoms with Gasteiger partial charge >= 0.3 is 12.1 Å². The Morgan fingerprint density at radius 2 is 1.71 bits per heavy atom. The summed E-state index contributed by atoms with van der Waals surface area (Å²) in [5, 5.41) is 15.2. The summed E-state index contributed by atoms with van der Waals surface area (Å²) >= 11 is 6.35. The van der Waals surface area contributed by atoms with Crippen molar-refractivity contribution in [3.05, 3.63) is 58.4 Å². The van der Waals surface area contributed by atoms with E-state index in [1.807, 2.05) is 6.92 Å². The van der Waals surface area contributed by atoms with Gasteiger partial charge in [-0.15, -0.1) is 0 Å².